The summed E-state index contributed by atoms with van der Waals surface area (Å²) in [7, 11) is 0. The van der Waals surface area contributed by atoms with Crippen molar-refractivity contribution in [1.82, 2.24) is 0 Å². The highest BCUT2D eigenvalue weighted by Crippen LogP contribution is 2.00. The third kappa shape index (κ3) is 4.98. The van der Waals surface area contributed by atoms with Crippen LogP contribution < -0.4 is 0 Å². The molecule has 3 nitrogen and oxygen atoms in total. The number of esters is 1. The van der Waals surface area contributed by atoms with Gasteiger partial charge in [0.05, 0.1) is 0 Å². The van der Waals surface area contributed by atoms with Crippen molar-refractivity contribution in [3.05, 3.63) is 42.0 Å². The molecule has 0 saturated heterocycles. The summed E-state index contributed by atoms with van der Waals surface area (Å²) in [5.41, 5.74) is 0.964. The van der Waals surface area contributed by atoms with Crippen molar-refractivity contribution < 1.29 is 14.3 Å². The van der Waals surface area contributed by atoms with Crippen molar-refractivity contribution >= 4 is 12.0 Å². The van der Waals surface area contributed by atoms with Gasteiger partial charge in [0, 0.05) is 12.7 Å². The first kappa shape index (κ1) is 11.5. The molecular formula is C12H14O3. The Morgan fingerprint density at radius 2 is 2.07 bits per heavy atom. The first-order valence-corrected chi connectivity index (χ1v) is 4.80. The third-order valence-electron chi connectivity index (χ3n) is 1.70. The molecule has 1 rings (SSSR count). The fourth-order valence-corrected chi connectivity index (χ4v) is 0.960. The van der Waals surface area contributed by atoms with Gasteiger partial charge in [0.1, 0.15) is 0 Å². The number of carbonyl (C=O) groups excluding carboxylic acids is 1. The molecule has 80 valence electrons. The quantitative estimate of drug-likeness (QED) is 0.321. The van der Waals surface area contributed by atoms with Gasteiger partial charge in [0.25, 0.3) is 0 Å². The van der Waals surface area contributed by atoms with Gasteiger partial charge in [-0.2, -0.15) is 0 Å². The largest absolute Gasteiger partial charge is 0.435 e. The molecule has 0 atom stereocenters. The minimum Gasteiger partial charge on any atom is -0.435 e. The molecule has 3 heteroatoms. The lowest BCUT2D eigenvalue weighted by Gasteiger charge is -2.00. The van der Waals surface area contributed by atoms with Crippen LogP contribution in [0, 0.1) is 0 Å². The molecule has 0 unspecified atom stereocenters. The summed E-state index contributed by atoms with van der Waals surface area (Å²) in [5, 5.41) is 0. The van der Waals surface area contributed by atoms with E-state index in [0.717, 1.165) is 5.56 Å². The molecule has 0 aliphatic heterocycles. The van der Waals surface area contributed by atoms with E-state index in [0.29, 0.717) is 6.61 Å². The van der Waals surface area contributed by atoms with Crippen LogP contribution in [-0.2, 0) is 14.3 Å². The molecule has 0 spiro atoms. The molecule has 0 saturated carbocycles. The maximum Gasteiger partial charge on any atom is 0.332 e. The van der Waals surface area contributed by atoms with Gasteiger partial charge in [-0.15, -0.1) is 0 Å². The van der Waals surface area contributed by atoms with Crippen molar-refractivity contribution in [3.63, 3.8) is 0 Å². The Morgan fingerprint density at radius 1 is 1.33 bits per heavy atom. The molecule has 0 aliphatic rings. The number of benzene rings is 1. The lowest BCUT2D eigenvalue weighted by molar-refractivity contribution is -0.149. The maximum atomic E-state index is 11.1. The van der Waals surface area contributed by atoms with E-state index in [4.69, 9.17) is 9.47 Å². The SMILES string of the molecule is CCOCOC(=O)C=Cc1ccccc1. The summed E-state index contributed by atoms with van der Waals surface area (Å²) in [5.74, 6) is -0.396. The Balaban J connectivity index is 2.34. The molecule has 0 aliphatic carbocycles. The fraction of sp³-hybridized carbons (Fsp3) is 0.250. The highest BCUT2D eigenvalue weighted by atomic mass is 16.7. The monoisotopic (exact) mass is 206 g/mol. The zero-order valence-electron chi connectivity index (χ0n) is 8.68. The van der Waals surface area contributed by atoms with Crippen molar-refractivity contribution in [1.29, 1.82) is 0 Å². The van der Waals surface area contributed by atoms with Gasteiger partial charge in [-0.25, -0.2) is 4.79 Å². The van der Waals surface area contributed by atoms with Gasteiger partial charge in [-0.3, -0.25) is 0 Å². The normalized spacial score (nSPS) is 10.5. The van der Waals surface area contributed by atoms with Crippen LogP contribution in [-0.4, -0.2) is 19.4 Å². The van der Waals surface area contributed by atoms with Gasteiger partial charge in [0.15, 0.2) is 6.79 Å². The van der Waals surface area contributed by atoms with Crippen molar-refractivity contribution in [2.75, 3.05) is 13.4 Å². The Labute approximate surface area is 89.3 Å². The number of hydrogen-bond acceptors (Lipinski definition) is 3. The highest BCUT2D eigenvalue weighted by Gasteiger charge is 1.95. The maximum absolute atomic E-state index is 11.1. The standard InChI is InChI=1S/C12H14O3/c1-2-14-10-15-12(13)9-8-11-6-4-3-5-7-11/h3-9H,2,10H2,1H3. The third-order valence-corrected chi connectivity index (χ3v) is 1.70. The molecular weight excluding hydrogens is 192 g/mol. The number of carbonyl (C=O) groups is 1. The van der Waals surface area contributed by atoms with Gasteiger partial charge < -0.3 is 9.47 Å². The summed E-state index contributed by atoms with van der Waals surface area (Å²) in [6, 6.07) is 9.56. The molecule has 0 aromatic heterocycles. The van der Waals surface area contributed by atoms with Crippen LogP contribution in [0.25, 0.3) is 6.08 Å². The molecule has 0 bridgehead atoms. The van der Waals surface area contributed by atoms with Crippen LogP contribution >= 0.6 is 0 Å². The Morgan fingerprint density at radius 3 is 2.73 bits per heavy atom. The number of ether oxygens (including phenoxy) is 2. The van der Waals surface area contributed by atoms with Gasteiger partial charge >= 0.3 is 5.97 Å². The second kappa shape index (κ2) is 6.79. The zero-order valence-corrected chi connectivity index (χ0v) is 8.68. The summed E-state index contributed by atoms with van der Waals surface area (Å²) < 4.78 is 9.64. The molecule has 1 aromatic rings. The van der Waals surface area contributed by atoms with E-state index >= 15 is 0 Å². The molecule has 0 amide bonds. The van der Waals surface area contributed by atoms with Crippen LogP contribution in [0.3, 0.4) is 0 Å². The Bertz CT molecular complexity index is 317. The molecule has 15 heavy (non-hydrogen) atoms. The molecule has 0 fully saturated rings. The van der Waals surface area contributed by atoms with E-state index in [1.165, 1.54) is 6.08 Å². The van der Waals surface area contributed by atoms with E-state index in [1.807, 2.05) is 37.3 Å². The molecule has 0 N–H and O–H groups in total. The lowest BCUT2D eigenvalue weighted by atomic mass is 10.2. The average Bonchev–Trinajstić information content (AvgIpc) is 2.28. The van der Waals surface area contributed by atoms with Crippen LogP contribution in [0.1, 0.15) is 12.5 Å². The van der Waals surface area contributed by atoms with Crippen LogP contribution in [0.2, 0.25) is 0 Å². The molecule has 0 heterocycles. The molecule has 1 aromatic carbocycles. The van der Waals surface area contributed by atoms with Crippen LogP contribution in [0.15, 0.2) is 36.4 Å². The Hall–Kier alpha value is -1.61. The van der Waals surface area contributed by atoms with Crippen molar-refractivity contribution in [3.8, 4) is 0 Å². The lowest BCUT2D eigenvalue weighted by Crippen LogP contribution is -2.05. The van der Waals surface area contributed by atoms with Crippen molar-refractivity contribution in [2.45, 2.75) is 6.92 Å². The number of rotatable bonds is 5. The van der Waals surface area contributed by atoms with E-state index in [1.54, 1.807) is 6.08 Å². The zero-order chi connectivity index (χ0) is 10.9. The predicted molar refractivity (Wildman–Crippen MR) is 58.1 cm³/mol. The first-order chi connectivity index (χ1) is 7.33. The van der Waals surface area contributed by atoms with Gasteiger partial charge in [0.2, 0.25) is 0 Å². The first-order valence-electron chi connectivity index (χ1n) is 4.80. The molecule has 0 radical (unpaired) electrons. The average molecular weight is 206 g/mol. The minimum atomic E-state index is -0.396. The van der Waals surface area contributed by atoms with E-state index in [-0.39, 0.29) is 6.79 Å². The fourth-order valence-electron chi connectivity index (χ4n) is 0.960. The smallest absolute Gasteiger partial charge is 0.332 e. The summed E-state index contributed by atoms with van der Waals surface area (Å²) in [6.45, 7) is 2.39. The summed E-state index contributed by atoms with van der Waals surface area (Å²) in [4.78, 5) is 11.1. The van der Waals surface area contributed by atoms with Crippen LogP contribution in [0.4, 0.5) is 0 Å². The predicted octanol–water partition coefficient (Wildman–Crippen LogP) is 2.24. The Kier molecular flexibility index (Phi) is 5.19. The van der Waals surface area contributed by atoms with Crippen LogP contribution in [0.5, 0.6) is 0 Å². The number of hydrogen-bond donors (Lipinski definition) is 0. The highest BCUT2D eigenvalue weighted by molar-refractivity contribution is 5.86. The van der Waals surface area contributed by atoms with Crippen molar-refractivity contribution in [2.24, 2.45) is 0 Å². The topological polar surface area (TPSA) is 35.5 Å². The second-order valence-electron chi connectivity index (χ2n) is 2.82. The van der Waals surface area contributed by atoms with Gasteiger partial charge in [-0.1, -0.05) is 30.3 Å². The summed E-state index contributed by atoms with van der Waals surface area (Å²) in [6.07, 6.45) is 3.09. The van der Waals surface area contributed by atoms with Gasteiger partial charge in [-0.05, 0) is 18.6 Å². The summed E-state index contributed by atoms with van der Waals surface area (Å²) >= 11 is 0. The minimum absolute atomic E-state index is 0.00840. The van der Waals surface area contributed by atoms with E-state index < -0.39 is 5.97 Å². The van der Waals surface area contributed by atoms with E-state index in [9.17, 15) is 4.79 Å². The second-order valence-corrected chi connectivity index (χ2v) is 2.82. The van der Waals surface area contributed by atoms with E-state index in [2.05, 4.69) is 0 Å².